The molecular formula is C13H11F2N3O3. The van der Waals surface area contributed by atoms with Crippen molar-refractivity contribution in [2.24, 2.45) is 0 Å². The number of nitrogens with one attached hydrogen (secondary N) is 3. The first-order valence-electron chi connectivity index (χ1n) is 5.85. The van der Waals surface area contributed by atoms with Crippen molar-refractivity contribution >= 4 is 11.8 Å². The molecule has 0 saturated carbocycles. The van der Waals surface area contributed by atoms with Crippen LogP contribution < -0.4 is 15.6 Å². The third-order valence-corrected chi connectivity index (χ3v) is 2.47. The lowest BCUT2D eigenvalue weighted by atomic mass is 10.2. The zero-order valence-corrected chi connectivity index (χ0v) is 10.6. The summed E-state index contributed by atoms with van der Waals surface area (Å²) < 4.78 is 28.1. The van der Waals surface area contributed by atoms with Crippen LogP contribution in [0, 0.1) is 0 Å². The zero-order valence-electron chi connectivity index (χ0n) is 10.6. The van der Waals surface area contributed by atoms with Gasteiger partial charge < -0.3 is 9.72 Å². The first-order valence-corrected chi connectivity index (χ1v) is 5.85. The molecule has 3 N–H and O–H groups in total. The number of carbonyl (C=O) groups is 2. The maximum Gasteiger partial charge on any atom is 0.387 e. The van der Waals surface area contributed by atoms with Gasteiger partial charge in [-0.15, -0.1) is 0 Å². The Balaban J connectivity index is 1.90. The van der Waals surface area contributed by atoms with E-state index >= 15 is 0 Å². The standard InChI is InChI=1S/C13H11F2N3O3/c14-13(15)21-9-5-3-8(4-6-9)11(19)17-18-12(20)10-2-1-7-16-10/h1-7,13,16H,(H,17,19)(H,18,20). The van der Waals surface area contributed by atoms with Crippen LogP contribution in [0.5, 0.6) is 5.75 Å². The number of aromatic amines is 1. The van der Waals surface area contributed by atoms with Crippen molar-refractivity contribution in [1.82, 2.24) is 15.8 Å². The van der Waals surface area contributed by atoms with Gasteiger partial charge in [0.2, 0.25) is 0 Å². The SMILES string of the molecule is O=C(NNC(=O)c1ccc[nH]1)c1ccc(OC(F)F)cc1. The Labute approximate surface area is 118 Å². The molecule has 21 heavy (non-hydrogen) atoms. The highest BCUT2D eigenvalue weighted by Gasteiger charge is 2.10. The highest BCUT2D eigenvalue weighted by molar-refractivity contribution is 5.98. The molecule has 0 unspecified atom stereocenters. The van der Waals surface area contributed by atoms with Crippen molar-refractivity contribution in [1.29, 1.82) is 0 Å². The Kier molecular flexibility index (Phi) is 4.50. The quantitative estimate of drug-likeness (QED) is 0.751. The molecular weight excluding hydrogens is 284 g/mol. The number of carbonyl (C=O) groups excluding carboxylic acids is 2. The van der Waals surface area contributed by atoms with E-state index in [1.54, 1.807) is 12.3 Å². The van der Waals surface area contributed by atoms with Crippen LogP contribution in [-0.4, -0.2) is 23.4 Å². The molecule has 110 valence electrons. The number of benzene rings is 1. The molecule has 8 heteroatoms. The molecule has 0 fully saturated rings. The average Bonchev–Trinajstić information content (AvgIpc) is 2.99. The van der Waals surface area contributed by atoms with E-state index in [9.17, 15) is 18.4 Å². The molecule has 1 aromatic carbocycles. The summed E-state index contributed by atoms with van der Waals surface area (Å²) in [5.41, 5.74) is 4.88. The number of hydrazine groups is 1. The molecule has 2 rings (SSSR count). The van der Waals surface area contributed by atoms with E-state index in [2.05, 4.69) is 20.6 Å². The number of aromatic nitrogens is 1. The normalized spacial score (nSPS) is 10.2. The Morgan fingerprint density at radius 2 is 1.71 bits per heavy atom. The van der Waals surface area contributed by atoms with Crippen LogP contribution >= 0.6 is 0 Å². The van der Waals surface area contributed by atoms with Gasteiger partial charge in [-0.1, -0.05) is 0 Å². The summed E-state index contributed by atoms with van der Waals surface area (Å²) in [5.74, 6) is -1.15. The van der Waals surface area contributed by atoms with Crippen molar-refractivity contribution in [2.45, 2.75) is 6.61 Å². The van der Waals surface area contributed by atoms with Gasteiger partial charge in [0.05, 0.1) is 0 Å². The second kappa shape index (κ2) is 6.51. The molecule has 0 saturated heterocycles. The summed E-state index contributed by atoms with van der Waals surface area (Å²) in [5, 5.41) is 0. The lowest BCUT2D eigenvalue weighted by molar-refractivity contribution is -0.0498. The Hall–Kier alpha value is -2.90. The molecule has 0 atom stereocenters. The van der Waals surface area contributed by atoms with E-state index in [0.29, 0.717) is 0 Å². The molecule has 6 nitrogen and oxygen atoms in total. The van der Waals surface area contributed by atoms with Crippen LogP contribution in [0.1, 0.15) is 20.8 Å². The highest BCUT2D eigenvalue weighted by Crippen LogP contribution is 2.14. The minimum absolute atomic E-state index is 0.0584. The van der Waals surface area contributed by atoms with Crippen molar-refractivity contribution < 1.29 is 23.1 Å². The topological polar surface area (TPSA) is 83.2 Å². The van der Waals surface area contributed by atoms with E-state index in [4.69, 9.17) is 0 Å². The van der Waals surface area contributed by atoms with E-state index in [1.807, 2.05) is 0 Å². The molecule has 2 aromatic rings. The fourth-order valence-corrected chi connectivity index (χ4v) is 1.51. The molecule has 0 aliphatic rings. The average molecular weight is 295 g/mol. The number of alkyl halides is 2. The van der Waals surface area contributed by atoms with Crippen LogP contribution in [0.25, 0.3) is 0 Å². The first-order chi connectivity index (χ1) is 10.1. The van der Waals surface area contributed by atoms with Gasteiger partial charge in [-0.3, -0.25) is 20.4 Å². The third-order valence-electron chi connectivity index (χ3n) is 2.47. The number of hydrogen-bond donors (Lipinski definition) is 3. The predicted octanol–water partition coefficient (Wildman–Crippen LogP) is 1.69. The number of rotatable bonds is 4. The lowest BCUT2D eigenvalue weighted by Gasteiger charge is -2.07. The van der Waals surface area contributed by atoms with Gasteiger partial charge >= 0.3 is 6.61 Å². The van der Waals surface area contributed by atoms with Gasteiger partial charge in [-0.25, -0.2) is 0 Å². The maximum absolute atomic E-state index is 12.0. The maximum atomic E-state index is 12.0. The van der Waals surface area contributed by atoms with E-state index in [-0.39, 0.29) is 17.0 Å². The van der Waals surface area contributed by atoms with Gasteiger partial charge in [-0.05, 0) is 36.4 Å². The largest absolute Gasteiger partial charge is 0.435 e. The second-order valence-electron chi connectivity index (χ2n) is 3.89. The summed E-state index contributed by atoms with van der Waals surface area (Å²) in [7, 11) is 0. The van der Waals surface area contributed by atoms with Gasteiger partial charge in [0.25, 0.3) is 11.8 Å². The highest BCUT2D eigenvalue weighted by atomic mass is 19.3. The summed E-state index contributed by atoms with van der Waals surface area (Å²) in [6, 6.07) is 8.24. The molecule has 1 heterocycles. The molecule has 0 aliphatic heterocycles. The smallest absolute Gasteiger partial charge is 0.387 e. The number of halogens is 2. The Morgan fingerprint density at radius 3 is 2.29 bits per heavy atom. The number of amides is 2. The first kappa shape index (κ1) is 14.5. The zero-order chi connectivity index (χ0) is 15.2. The van der Waals surface area contributed by atoms with Gasteiger partial charge in [0.1, 0.15) is 11.4 Å². The molecule has 0 spiro atoms. The second-order valence-corrected chi connectivity index (χ2v) is 3.89. The van der Waals surface area contributed by atoms with Crippen molar-refractivity contribution in [3.05, 3.63) is 53.9 Å². The Morgan fingerprint density at radius 1 is 1.05 bits per heavy atom. The fraction of sp³-hybridized carbons (Fsp3) is 0.0769. The fourth-order valence-electron chi connectivity index (χ4n) is 1.51. The predicted molar refractivity (Wildman–Crippen MR) is 68.8 cm³/mol. The molecule has 2 amide bonds. The molecule has 1 aromatic heterocycles. The van der Waals surface area contributed by atoms with Gasteiger partial charge in [0.15, 0.2) is 0 Å². The van der Waals surface area contributed by atoms with Crippen LogP contribution in [0.4, 0.5) is 8.78 Å². The van der Waals surface area contributed by atoms with Crippen molar-refractivity contribution in [3.8, 4) is 5.75 Å². The number of hydrogen-bond acceptors (Lipinski definition) is 3. The molecule has 0 aliphatic carbocycles. The molecule has 0 bridgehead atoms. The van der Waals surface area contributed by atoms with Crippen LogP contribution in [0.3, 0.4) is 0 Å². The summed E-state index contributed by atoms with van der Waals surface area (Å²) in [6.07, 6.45) is 1.57. The summed E-state index contributed by atoms with van der Waals surface area (Å²) >= 11 is 0. The molecule has 0 radical (unpaired) electrons. The van der Waals surface area contributed by atoms with Gasteiger partial charge in [0, 0.05) is 11.8 Å². The summed E-state index contributed by atoms with van der Waals surface area (Å²) in [4.78, 5) is 26.0. The number of H-pyrrole nitrogens is 1. The van der Waals surface area contributed by atoms with E-state index in [0.717, 1.165) is 0 Å². The Bertz CT molecular complexity index is 612. The monoisotopic (exact) mass is 295 g/mol. The van der Waals surface area contributed by atoms with E-state index in [1.165, 1.54) is 30.3 Å². The van der Waals surface area contributed by atoms with E-state index < -0.39 is 18.4 Å². The lowest BCUT2D eigenvalue weighted by Crippen LogP contribution is -2.41. The summed E-state index contributed by atoms with van der Waals surface area (Å²) in [6.45, 7) is -2.93. The minimum Gasteiger partial charge on any atom is -0.435 e. The van der Waals surface area contributed by atoms with Crippen LogP contribution in [0.15, 0.2) is 42.6 Å². The van der Waals surface area contributed by atoms with Crippen LogP contribution in [-0.2, 0) is 0 Å². The van der Waals surface area contributed by atoms with Crippen LogP contribution in [0.2, 0.25) is 0 Å². The number of ether oxygens (including phenoxy) is 1. The minimum atomic E-state index is -2.93. The van der Waals surface area contributed by atoms with Gasteiger partial charge in [-0.2, -0.15) is 8.78 Å². The third kappa shape index (κ3) is 4.03. The van der Waals surface area contributed by atoms with Crippen molar-refractivity contribution in [3.63, 3.8) is 0 Å². The van der Waals surface area contributed by atoms with Crippen molar-refractivity contribution in [2.75, 3.05) is 0 Å².